The first-order chi connectivity index (χ1) is 5.79. The Morgan fingerprint density at radius 3 is 2.83 bits per heavy atom. The van der Waals surface area contributed by atoms with Gasteiger partial charge in [0.25, 0.3) is 0 Å². The number of thiophene rings is 1. The number of halogens is 1. The van der Waals surface area contributed by atoms with Gasteiger partial charge in [0.05, 0.1) is 0 Å². The van der Waals surface area contributed by atoms with Crippen molar-refractivity contribution in [2.75, 3.05) is 0 Å². The molecule has 0 aliphatic rings. The fourth-order valence-electron chi connectivity index (χ4n) is 1.31. The average molecular weight is 241 g/mol. The van der Waals surface area contributed by atoms with E-state index in [1.54, 1.807) is 0 Å². The van der Waals surface area contributed by atoms with Crippen LogP contribution in [0.15, 0.2) is 29.6 Å². The predicted molar refractivity (Wildman–Crippen MR) is 59.2 cm³/mol. The highest BCUT2D eigenvalue weighted by molar-refractivity contribution is 9.09. The van der Waals surface area contributed by atoms with Gasteiger partial charge in [-0.1, -0.05) is 34.1 Å². The van der Waals surface area contributed by atoms with Gasteiger partial charge in [0.15, 0.2) is 0 Å². The van der Waals surface area contributed by atoms with Crippen molar-refractivity contribution in [2.24, 2.45) is 0 Å². The second-order valence-electron chi connectivity index (χ2n) is 2.80. The summed E-state index contributed by atoms with van der Waals surface area (Å²) in [7, 11) is 0. The smallest absolute Gasteiger partial charge is 0.0381 e. The maximum atomic E-state index is 3.59. The third kappa shape index (κ3) is 1.29. The molecule has 0 saturated heterocycles. The Morgan fingerprint density at radius 1 is 1.33 bits per heavy atom. The Labute approximate surface area is 84.4 Å². The predicted octanol–water partition coefficient (Wildman–Crippen LogP) is 4.36. The molecule has 0 fully saturated rings. The summed E-state index contributed by atoms with van der Waals surface area (Å²) >= 11 is 5.40. The van der Waals surface area contributed by atoms with Crippen molar-refractivity contribution in [1.29, 1.82) is 0 Å². The maximum Gasteiger partial charge on any atom is 0.0381 e. The quantitative estimate of drug-likeness (QED) is 0.651. The summed E-state index contributed by atoms with van der Waals surface area (Å²) in [5.41, 5.74) is 1.40. The molecule has 1 aromatic carbocycles. The van der Waals surface area contributed by atoms with Crippen LogP contribution >= 0.6 is 27.3 Å². The first-order valence-electron chi connectivity index (χ1n) is 3.89. The van der Waals surface area contributed by atoms with Gasteiger partial charge < -0.3 is 0 Å². The number of benzene rings is 1. The summed E-state index contributed by atoms with van der Waals surface area (Å²) in [5, 5.41) is 3.61. The molecule has 1 atom stereocenters. The summed E-state index contributed by atoms with van der Waals surface area (Å²) in [4.78, 5) is 0.452. The van der Waals surface area contributed by atoms with Gasteiger partial charge in [-0.05, 0) is 29.3 Å². The first kappa shape index (κ1) is 8.27. The third-order valence-electron chi connectivity index (χ3n) is 1.94. The van der Waals surface area contributed by atoms with Crippen molar-refractivity contribution in [3.8, 4) is 0 Å². The zero-order valence-electron chi connectivity index (χ0n) is 6.75. The number of alkyl halides is 1. The number of hydrogen-bond acceptors (Lipinski definition) is 1. The number of rotatable bonds is 1. The van der Waals surface area contributed by atoms with Crippen molar-refractivity contribution in [3.63, 3.8) is 0 Å². The van der Waals surface area contributed by atoms with E-state index < -0.39 is 0 Å². The van der Waals surface area contributed by atoms with E-state index in [1.807, 2.05) is 11.3 Å². The summed E-state index contributed by atoms with van der Waals surface area (Å²) in [6, 6.07) is 8.52. The van der Waals surface area contributed by atoms with E-state index >= 15 is 0 Å². The molecule has 0 N–H and O–H groups in total. The van der Waals surface area contributed by atoms with Crippen LogP contribution < -0.4 is 0 Å². The van der Waals surface area contributed by atoms with Crippen LogP contribution in [-0.4, -0.2) is 0 Å². The average Bonchev–Trinajstić information content (AvgIpc) is 2.47. The van der Waals surface area contributed by atoms with E-state index in [-0.39, 0.29) is 0 Å². The van der Waals surface area contributed by atoms with Crippen LogP contribution in [0.5, 0.6) is 0 Å². The van der Waals surface area contributed by atoms with Crippen molar-refractivity contribution in [1.82, 2.24) is 0 Å². The molecule has 1 heterocycles. The zero-order chi connectivity index (χ0) is 8.55. The number of fused-ring (bicyclic) bond motifs is 1. The van der Waals surface area contributed by atoms with E-state index in [1.165, 1.54) is 15.6 Å². The lowest BCUT2D eigenvalue weighted by molar-refractivity contribution is 1.15. The van der Waals surface area contributed by atoms with E-state index in [9.17, 15) is 0 Å². The second kappa shape index (κ2) is 3.19. The Bertz CT molecular complexity index is 389. The summed E-state index contributed by atoms with van der Waals surface area (Å²) < 4.78 is 1.37. The van der Waals surface area contributed by atoms with Crippen LogP contribution in [0, 0.1) is 0 Å². The van der Waals surface area contributed by atoms with Gasteiger partial charge in [-0.25, -0.2) is 0 Å². The molecule has 0 saturated carbocycles. The molecule has 0 aliphatic heterocycles. The SMILES string of the molecule is CC(Br)c1csc2ccccc12. The molecule has 12 heavy (non-hydrogen) atoms. The number of hydrogen-bond donors (Lipinski definition) is 0. The molecular formula is C10H9BrS. The van der Waals surface area contributed by atoms with Gasteiger partial charge >= 0.3 is 0 Å². The maximum absolute atomic E-state index is 3.59. The van der Waals surface area contributed by atoms with Crippen molar-refractivity contribution < 1.29 is 0 Å². The minimum absolute atomic E-state index is 0.452. The van der Waals surface area contributed by atoms with Crippen LogP contribution in [0.25, 0.3) is 10.1 Å². The second-order valence-corrected chi connectivity index (χ2v) is 5.09. The molecule has 0 radical (unpaired) electrons. The Balaban J connectivity index is 2.70. The molecule has 1 aromatic heterocycles. The van der Waals surface area contributed by atoms with Gasteiger partial charge in [-0.15, -0.1) is 11.3 Å². The molecule has 0 spiro atoms. The molecule has 0 amide bonds. The molecule has 0 aliphatic carbocycles. The van der Waals surface area contributed by atoms with Crippen LogP contribution in [0.1, 0.15) is 17.3 Å². The lowest BCUT2D eigenvalue weighted by Gasteiger charge is -1.99. The molecule has 0 bridgehead atoms. The molecule has 2 aromatic rings. The Kier molecular flexibility index (Phi) is 2.20. The molecule has 1 unspecified atom stereocenters. The summed E-state index contributed by atoms with van der Waals surface area (Å²) in [6.07, 6.45) is 0. The fourth-order valence-corrected chi connectivity index (χ4v) is 2.92. The standard InChI is InChI=1S/C10H9BrS/c1-7(11)9-6-12-10-5-3-2-4-8(9)10/h2-7H,1H3. The highest BCUT2D eigenvalue weighted by Crippen LogP contribution is 2.33. The molecule has 2 rings (SSSR count). The molecule has 0 nitrogen and oxygen atoms in total. The van der Waals surface area contributed by atoms with E-state index in [0.717, 1.165) is 0 Å². The first-order valence-corrected chi connectivity index (χ1v) is 5.69. The largest absolute Gasteiger partial charge is 0.143 e. The van der Waals surface area contributed by atoms with Gasteiger partial charge in [0.1, 0.15) is 0 Å². The van der Waals surface area contributed by atoms with Crippen molar-refractivity contribution in [2.45, 2.75) is 11.8 Å². The Morgan fingerprint density at radius 2 is 2.08 bits per heavy atom. The highest BCUT2D eigenvalue weighted by Gasteiger charge is 2.06. The molecular weight excluding hydrogens is 232 g/mol. The van der Waals surface area contributed by atoms with Crippen molar-refractivity contribution >= 4 is 37.4 Å². The van der Waals surface area contributed by atoms with Crippen LogP contribution in [-0.2, 0) is 0 Å². The van der Waals surface area contributed by atoms with E-state index in [4.69, 9.17) is 0 Å². The van der Waals surface area contributed by atoms with Crippen molar-refractivity contribution in [3.05, 3.63) is 35.2 Å². The van der Waals surface area contributed by atoms with E-state index in [0.29, 0.717) is 4.83 Å². The zero-order valence-corrected chi connectivity index (χ0v) is 9.15. The molecule has 62 valence electrons. The van der Waals surface area contributed by atoms with Crippen LogP contribution in [0.4, 0.5) is 0 Å². The monoisotopic (exact) mass is 240 g/mol. The normalized spacial score (nSPS) is 13.5. The summed E-state index contributed by atoms with van der Waals surface area (Å²) in [5.74, 6) is 0. The van der Waals surface area contributed by atoms with Crippen LogP contribution in [0.3, 0.4) is 0 Å². The van der Waals surface area contributed by atoms with Gasteiger partial charge in [0.2, 0.25) is 0 Å². The fraction of sp³-hybridized carbons (Fsp3) is 0.200. The minimum Gasteiger partial charge on any atom is -0.143 e. The topological polar surface area (TPSA) is 0 Å². The third-order valence-corrected chi connectivity index (χ3v) is 3.41. The highest BCUT2D eigenvalue weighted by atomic mass is 79.9. The summed E-state index contributed by atoms with van der Waals surface area (Å²) in [6.45, 7) is 2.16. The van der Waals surface area contributed by atoms with Gasteiger partial charge in [-0.2, -0.15) is 0 Å². The van der Waals surface area contributed by atoms with Gasteiger partial charge in [0, 0.05) is 9.53 Å². The lowest BCUT2D eigenvalue weighted by Crippen LogP contribution is -1.78. The lowest BCUT2D eigenvalue weighted by atomic mass is 10.1. The van der Waals surface area contributed by atoms with E-state index in [2.05, 4.69) is 52.5 Å². The van der Waals surface area contributed by atoms with Gasteiger partial charge in [-0.3, -0.25) is 0 Å². The van der Waals surface area contributed by atoms with Crippen LogP contribution in [0.2, 0.25) is 0 Å². The molecule has 2 heteroatoms. The Hall–Kier alpha value is -0.340. The minimum atomic E-state index is 0.452.